The third-order valence-corrected chi connectivity index (χ3v) is 5.97. The van der Waals surface area contributed by atoms with Crippen LogP contribution in [0.5, 0.6) is 0 Å². The van der Waals surface area contributed by atoms with Crippen LogP contribution in [0.4, 0.5) is 15.9 Å². The summed E-state index contributed by atoms with van der Waals surface area (Å²) in [6, 6.07) is 7.42. The van der Waals surface area contributed by atoms with Crippen molar-refractivity contribution in [3.63, 3.8) is 0 Å². The second-order valence-electron chi connectivity index (χ2n) is 7.83. The fourth-order valence-corrected chi connectivity index (χ4v) is 4.41. The lowest BCUT2D eigenvalue weighted by molar-refractivity contribution is 0.249. The zero-order valence-corrected chi connectivity index (χ0v) is 16.9. The first-order valence-electron chi connectivity index (χ1n) is 10.2. The molecule has 3 aromatic rings. The van der Waals surface area contributed by atoms with E-state index in [0.717, 1.165) is 55.1 Å². The number of rotatable bonds is 4. The van der Waals surface area contributed by atoms with Crippen molar-refractivity contribution < 1.29 is 4.39 Å². The van der Waals surface area contributed by atoms with Crippen molar-refractivity contribution in [1.29, 1.82) is 0 Å². The van der Waals surface area contributed by atoms with Crippen molar-refractivity contribution in [3.05, 3.63) is 65.4 Å². The maximum Gasteiger partial charge on any atom is 0.252 e. The second kappa shape index (κ2) is 7.53. The van der Waals surface area contributed by atoms with Gasteiger partial charge >= 0.3 is 0 Å². The van der Waals surface area contributed by atoms with Gasteiger partial charge in [-0.05, 0) is 31.5 Å². The van der Waals surface area contributed by atoms with Gasteiger partial charge in [0.15, 0.2) is 0 Å². The lowest BCUT2D eigenvalue weighted by Gasteiger charge is -2.38. The molecule has 8 heteroatoms. The zero-order chi connectivity index (χ0) is 20.7. The number of nitrogens with two attached hydrogens (primary N) is 1. The van der Waals surface area contributed by atoms with E-state index in [1.165, 1.54) is 0 Å². The van der Waals surface area contributed by atoms with Crippen LogP contribution in [0, 0.1) is 12.7 Å². The number of fused-ring (bicyclic) bond motifs is 3. The molecule has 4 heterocycles. The lowest BCUT2D eigenvalue weighted by Crippen LogP contribution is -2.51. The Morgan fingerprint density at radius 3 is 3.03 bits per heavy atom. The van der Waals surface area contributed by atoms with Crippen LogP contribution >= 0.6 is 0 Å². The smallest absolute Gasteiger partial charge is 0.252 e. The van der Waals surface area contributed by atoms with Gasteiger partial charge in [0.25, 0.3) is 5.95 Å². The van der Waals surface area contributed by atoms with Crippen molar-refractivity contribution in [2.24, 2.45) is 0 Å². The van der Waals surface area contributed by atoms with E-state index in [9.17, 15) is 4.39 Å². The van der Waals surface area contributed by atoms with Crippen LogP contribution in [0.1, 0.15) is 16.8 Å². The fourth-order valence-electron chi connectivity index (χ4n) is 4.41. The van der Waals surface area contributed by atoms with E-state index < -0.39 is 0 Å². The van der Waals surface area contributed by atoms with E-state index in [0.29, 0.717) is 17.8 Å². The number of benzene rings is 1. The highest BCUT2D eigenvalue weighted by Gasteiger charge is 2.35. The number of hydrogen-bond donors (Lipinski definition) is 1. The van der Waals surface area contributed by atoms with E-state index >= 15 is 0 Å². The van der Waals surface area contributed by atoms with Crippen molar-refractivity contribution in [2.45, 2.75) is 19.4 Å². The number of halogens is 1. The Bertz CT molecular complexity index is 1110. The summed E-state index contributed by atoms with van der Waals surface area (Å²) >= 11 is 0. The monoisotopic (exact) mass is 405 g/mol. The Balaban J connectivity index is 1.23. The van der Waals surface area contributed by atoms with Crippen LogP contribution < -0.4 is 10.6 Å². The minimum Gasteiger partial charge on any atom is -0.384 e. The second-order valence-corrected chi connectivity index (χ2v) is 7.83. The highest BCUT2D eigenvalue weighted by Crippen LogP contribution is 2.35. The van der Waals surface area contributed by atoms with Crippen LogP contribution in [0.25, 0.3) is 12.0 Å². The summed E-state index contributed by atoms with van der Waals surface area (Å²) in [6.07, 6.45) is 8.47. The minimum atomic E-state index is -0.0787. The van der Waals surface area contributed by atoms with Crippen LogP contribution in [0.2, 0.25) is 0 Å². The lowest BCUT2D eigenvalue weighted by atomic mass is 10.1. The first kappa shape index (κ1) is 18.7. The van der Waals surface area contributed by atoms with Gasteiger partial charge in [-0.2, -0.15) is 10.1 Å². The van der Waals surface area contributed by atoms with Crippen LogP contribution in [-0.2, 0) is 6.42 Å². The Labute approximate surface area is 174 Å². The van der Waals surface area contributed by atoms with E-state index in [2.05, 4.69) is 37.0 Å². The first-order valence-corrected chi connectivity index (χ1v) is 10.2. The van der Waals surface area contributed by atoms with Gasteiger partial charge in [-0.3, -0.25) is 4.90 Å². The topological polar surface area (TPSA) is 76.1 Å². The molecule has 1 atom stereocenters. The molecule has 0 spiro atoms. The van der Waals surface area contributed by atoms with Crippen molar-refractivity contribution in [1.82, 2.24) is 24.6 Å². The molecule has 0 saturated carbocycles. The molecule has 7 nitrogen and oxygen atoms in total. The SMILES string of the molecule is Cc1c(C=CCN2CCN3c4cccc(F)c4CC3C2)cnn1-c1nccc(N)n1. The van der Waals surface area contributed by atoms with Crippen LogP contribution in [-0.4, -0.2) is 56.9 Å². The molecular formula is C22H24FN7. The first-order chi connectivity index (χ1) is 14.6. The summed E-state index contributed by atoms with van der Waals surface area (Å²) in [5, 5.41) is 4.40. The maximum absolute atomic E-state index is 14.1. The summed E-state index contributed by atoms with van der Waals surface area (Å²) in [5.41, 5.74) is 9.68. The highest BCUT2D eigenvalue weighted by atomic mass is 19.1. The minimum absolute atomic E-state index is 0.0787. The molecule has 2 aliphatic rings. The number of piperazine rings is 1. The predicted molar refractivity (Wildman–Crippen MR) is 115 cm³/mol. The molecule has 1 saturated heterocycles. The largest absolute Gasteiger partial charge is 0.384 e. The molecule has 1 fully saturated rings. The average molecular weight is 405 g/mol. The normalized spacial score (nSPS) is 18.7. The molecule has 1 aromatic carbocycles. The Hall–Kier alpha value is -3.26. The molecule has 154 valence electrons. The number of hydrogen-bond acceptors (Lipinski definition) is 6. The van der Waals surface area contributed by atoms with Gasteiger partial charge in [0.1, 0.15) is 11.6 Å². The van der Waals surface area contributed by atoms with Gasteiger partial charge < -0.3 is 10.6 Å². The summed E-state index contributed by atoms with van der Waals surface area (Å²) in [4.78, 5) is 13.2. The van der Waals surface area contributed by atoms with Crippen molar-refractivity contribution in [2.75, 3.05) is 36.8 Å². The van der Waals surface area contributed by atoms with Crippen LogP contribution in [0.3, 0.4) is 0 Å². The van der Waals surface area contributed by atoms with Gasteiger partial charge in [-0.1, -0.05) is 18.2 Å². The zero-order valence-electron chi connectivity index (χ0n) is 16.9. The van der Waals surface area contributed by atoms with Crippen molar-refractivity contribution in [3.8, 4) is 5.95 Å². The molecule has 0 bridgehead atoms. The van der Waals surface area contributed by atoms with E-state index in [1.807, 2.05) is 25.3 Å². The molecule has 0 aliphatic carbocycles. The summed E-state index contributed by atoms with van der Waals surface area (Å²) < 4.78 is 15.8. The third-order valence-electron chi connectivity index (χ3n) is 5.97. The van der Waals surface area contributed by atoms with E-state index in [-0.39, 0.29) is 5.82 Å². The van der Waals surface area contributed by atoms with Gasteiger partial charge in [0.05, 0.1) is 11.9 Å². The maximum atomic E-state index is 14.1. The highest BCUT2D eigenvalue weighted by molar-refractivity contribution is 5.60. The number of nitrogen functional groups attached to an aromatic ring is 1. The van der Waals surface area contributed by atoms with E-state index in [1.54, 1.807) is 23.0 Å². The molecule has 2 aliphatic heterocycles. The fraction of sp³-hybridized carbons (Fsp3) is 0.318. The van der Waals surface area contributed by atoms with Gasteiger partial charge in [0.2, 0.25) is 0 Å². The Morgan fingerprint density at radius 1 is 1.27 bits per heavy atom. The molecule has 5 rings (SSSR count). The number of nitrogens with zero attached hydrogens (tertiary/aromatic N) is 6. The summed E-state index contributed by atoms with van der Waals surface area (Å²) in [7, 11) is 0. The molecule has 30 heavy (non-hydrogen) atoms. The summed E-state index contributed by atoms with van der Waals surface area (Å²) in [5.74, 6) is 0.807. The van der Waals surface area contributed by atoms with Gasteiger partial charge in [-0.15, -0.1) is 0 Å². The molecule has 0 radical (unpaired) electrons. The molecule has 0 amide bonds. The number of aromatic nitrogens is 4. The predicted octanol–water partition coefficient (Wildman–Crippen LogP) is 2.45. The standard InChI is InChI=1S/C22H24FN7/c1-15-16(13-26-30(15)22-25-8-7-21(24)27-22)4-3-9-28-10-11-29-17(14-28)12-18-19(23)5-2-6-20(18)29/h2-8,13,17H,9-12,14H2,1H3,(H2,24,25,27). The Morgan fingerprint density at radius 2 is 2.17 bits per heavy atom. The molecule has 1 unspecified atom stereocenters. The van der Waals surface area contributed by atoms with Gasteiger partial charge in [-0.25, -0.2) is 14.1 Å². The van der Waals surface area contributed by atoms with Gasteiger partial charge in [0, 0.05) is 55.2 Å². The van der Waals surface area contributed by atoms with E-state index in [4.69, 9.17) is 5.73 Å². The number of anilines is 2. The molecule has 2 aromatic heterocycles. The molecular weight excluding hydrogens is 381 g/mol. The van der Waals surface area contributed by atoms with Crippen molar-refractivity contribution >= 4 is 17.6 Å². The third kappa shape index (κ3) is 3.33. The molecule has 2 N–H and O–H groups in total. The average Bonchev–Trinajstić information content (AvgIpc) is 3.29. The quantitative estimate of drug-likeness (QED) is 0.719. The van der Waals surface area contributed by atoms with Crippen LogP contribution in [0.15, 0.2) is 42.7 Å². The summed E-state index contributed by atoms with van der Waals surface area (Å²) in [6.45, 7) is 5.67. The Kier molecular flexibility index (Phi) is 4.71.